The molecule has 2 atom stereocenters. The molecule has 2 unspecified atom stereocenters. The van der Waals surface area contributed by atoms with Crippen LogP contribution in [-0.4, -0.2) is 53.9 Å². The maximum atomic E-state index is 11.0. The van der Waals surface area contributed by atoms with Gasteiger partial charge in [-0.2, -0.15) is 9.97 Å². The molecular formula is C11H16N4O5. The molecule has 9 nitrogen and oxygen atoms in total. The zero-order valence-corrected chi connectivity index (χ0v) is 11.2. The van der Waals surface area contributed by atoms with Gasteiger partial charge in [0.2, 0.25) is 0 Å². The minimum absolute atomic E-state index is 0.0762. The topological polar surface area (TPSA) is 109 Å². The summed E-state index contributed by atoms with van der Waals surface area (Å²) < 4.78 is 15.9. The predicted octanol–water partition coefficient (Wildman–Crippen LogP) is 0.149. The number of ether oxygens (including phenoxy) is 3. The number of aromatic nitrogens is 2. The first-order chi connectivity index (χ1) is 9.61. The average molecular weight is 284 g/mol. The summed E-state index contributed by atoms with van der Waals surface area (Å²) in [7, 11) is 1.30. The average Bonchev–Trinajstić information content (AvgIpc) is 2.44. The van der Waals surface area contributed by atoms with Crippen LogP contribution >= 0.6 is 0 Å². The summed E-state index contributed by atoms with van der Waals surface area (Å²) in [4.78, 5) is 17.9. The smallest absolute Gasteiger partial charge is 0.392 e. The molecule has 1 fully saturated rings. The van der Waals surface area contributed by atoms with Gasteiger partial charge in [0.15, 0.2) is 0 Å². The van der Waals surface area contributed by atoms with Crippen molar-refractivity contribution < 1.29 is 19.1 Å². The summed E-state index contributed by atoms with van der Waals surface area (Å²) in [5.41, 5.74) is -0.383. The molecule has 0 spiro atoms. The molecule has 1 aromatic heterocycles. The molecule has 0 amide bonds. The van der Waals surface area contributed by atoms with E-state index in [1.165, 1.54) is 7.11 Å². The van der Waals surface area contributed by atoms with E-state index in [4.69, 9.17) is 14.2 Å². The molecule has 9 heteroatoms. The SMILES string of the molecule is COc1ncnc(OCC2CNCC(C)O2)c1[N+](=O)[O-]. The Balaban J connectivity index is 2.07. The maximum absolute atomic E-state index is 11.0. The van der Waals surface area contributed by atoms with Gasteiger partial charge >= 0.3 is 17.4 Å². The van der Waals surface area contributed by atoms with Gasteiger partial charge in [-0.15, -0.1) is 0 Å². The summed E-state index contributed by atoms with van der Waals surface area (Å²) in [5, 5.41) is 14.2. The molecule has 1 N–H and O–H groups in total. The van der Waals surface area contributed by atoms with Gasteiger partial charge in [-0.1, -0.05) is 0 Å². The first-order valence-electron chi connectivity index (χ1n) is 6.14. The Morgan fingerprint density at radius 1 is 1.50 bits per heavy atom. The zero-order chi connectivity index (χ0) is 14.5. The molecule has 2 rings (SSSR count). The Hall–Kier alpha value is -2.00. The number of morpholine rings is 1. The highest BCUT2D eigenvalue weighted by molar-refractivity contribution is 5.48. The monoisotopic (exact) mass is 284 g/mol. The van der Waals surface area contributed by atoms with Crippen molar-refractivity contribution in [2.75, 3.05) is 26.8 Å². The lowest BCUT2D eigenvalue weighted by atomic mass is 10.2. The van der Waals surface area contributed by atoms with Crippen LogP contribution in [0.2, 0.25) is 0 Å². The van der Waals surface area contributed by atoms with Crippen LogP contribution in [0.5, 0.6) is 11.8 Å². The molecule has 0 saturated carbocycles. The molecule has 1 aromatic rings. The van der Waals surface area contributed by atoms with Gasteiger partial charge in [0, 0.05) is 13.1 Å². The third kappa shape index (κ3) is 3.31. The predicted molar refractivity (Wildman–Crippen MR) is 67.9 cm³/mol. The minimum atomic E-state index is -0.628. The van der Waals surface area contributed by atoms with Gasteiger partial charge < -0.3 is 19.5 Å². The molecule has 0 aromatic carbocycles. The molecule has 1 aliphatic rings. The Labute approximate surface area is 115 Å². The number of nitrogens with zero attached hydrogens (tertiary/aromatic N) is 3. The van der Waals surface area contributed by atoms with Gasteiger partial charge in [0.05, 0.1) is 18.1 Å². The van der Waals surface area contributed by atoms with Crippen molar-refractivity contribution >= 4 is 5.69 Å². The van der Waals surface area contributed by atoms with Crippen molar-refractivity contribution in [2.24, 2.45) is 0 Å². The molecule has 0 radical (unpaired) electrons. The van der Waals surface area contributed by atoms with Crippen LogP contribution in [-0.2, 0) is 4.74 Å². The highest BCUT2D eigenvalue weighted by Crippen LogP contribution is 2.32. The zero-order valence-electron chi connectivity index (χ0n) is 11.2. The van der Waals surface area contributed by atoms with Crippen molar-refractivity contribution in [3.63, 3.8) is 0 Å². The van der Waals surface area contributed by atoms with Crippen LogP contribution < -0.4 is 14.8 Å². The molecule has 1 saturated heterocycles. The fourth-order valence-electron chi connectivity index (χ4n) is 1.90. The van der Waals surface area contributed by atoms with E-state index in [1.807, 2.05) is 6.92 Å². The largest absolute Gasteiger partial charge is 0.476 e. The van der Waals surface area contributed by atoms with Crippen molar-refractivity contribution in [2.45, 2.75) is 19.1 Å². The minimum Gasteiger partial charge on any atom is -0.476 e. The van der Waals surface area contributed by atoms with Crippen molar-refractivity contribution in [1.82, 2.24) is 15.3 Å². The highest BCUT2D eigenvalue weighted by Gasteiger charge is 2.27. The number of hydrogen-bond acceptors (Lipinski definition) is 8. The molecule has 2 heterocycles. The number of methoxy groups -OCH3 is 1. The lowest BCUT2D eigenvalue weighted by Crippen LogP contribution is -2.45. The second kappa shape index (κ2) is 6.44. The van der Waals surface area contributed by atoms with Crippen LogP contribution in [0.3, 0.4) is 0 Å². The van der Waals surface area contributed by atoms with E-state index in [2.05, 4.69) is 15.3 Å². The molecule has 0 aliphatic carbocycles. The van der Waals surface area contributed by atoms with E-state index in [1.54, 1.807) is 0 Å². The van der Waals surface area contributed by atoms with Crippen LogP contribution in [0.15, 0.2) is 6.33 Å². The second-order valence-electron chi connectivity index (χ2n) is 4.33. The van der Waals surface area contributed by atoms with Crippen molar-refractivity contribution in [1.29, 1.82) is 0 Å². The normalized spacial score (nSPS) is 22.3. The third-order valence-electron chi connectivity index (χ3n) is 2.77. The number of nitrogens with one attached hydrogen (secondary N) is 1. The number of hydrogen-bond donors (Lipinski definition) is 1. The Morgan fingerprint density at radius 2 is 2.25 bits per heavy atom. The summed E-state index contributed by atoms with van der Waals surface area (Å²) in [5.74, 6) is -0.250. The van der Waals surface area contributed by atoms with E-state index in [-0.39, 0.29) is 36.3 Å². The lowest BCUT2D eigenvalue weighted by molar-refractivity contribution is -0.387. The molecular weight excluding hydrogens is 268 g/mol. The first kappa shape index (κ1) is 14.4. The summed E-state index contributed by atoms with van der Waals surface area (Å²) in [6.45, 7) is 3.51. The molecule has 1 aliphatic heterocycles. The standard InChI is InChI=1S/C11H16N4O5/c1-7-3-12-4-8(20-7)5-19-11-9(15(16)17)10(18-2)13-6-14-11/h6-8,12H,3-5H2,1-2H3. The van der Waals surface area contributed by atoms with Gasteiger partial charge in [0.1, 0.15) is 19.0 Å². The fraction of sp³-hybridized carbons (Fsp3) is 0.636. The van der Waals surface area contributed by atoms with Crippen LogP contribution in [0.25, 0.3) is 0 Å². The summed E-state index contributed by atoms with van der Waals surface area (Å²) >= 11 is 0. The molecule has 0 bridgehead atoms. The van der Waals surface area contributed by atoms with Crippen molar-refractivity contribution in [3.8, 4) is 11.8 Å². The lowest BCUT2D eigenvalue weighted by Gasteiger charge is -2.28. The van der Waals surface area contributed by atoms with Crippen LogP contribution in [0, 0.1) is 10.1 Å². The van der Waals surface area contributed by atoms with Crippen LogP contribution in [0.1, 0.15) is 6.92 Å². The maximum Gasteiger partial charge on any atom is 0.392 e. The molecule has 20 heavy (non-hydrogen) atoms. The second-order valence-corrected chi connectivity index (χ2v) is 4.33. The summed E-state index contributed by atoms with van der Waals surface area (Å²) in [6, 6.07) is 0. The third-order valence-corrected chi connectivity index (χ3v) is 2.77. The fourth-order valence-corrected chi connectivity index (χ4v) is 1.90. The molecule has 110 valence electrons. The van der Waals surface area contributed by atoms with E-state index in [0.717, 1.165) is 12.9 Å². The Bertz CT molecular complexity index is 484. The number of rotatable bonds is 5. The van der Waals surface area contributed by atoms with E-state index in [9.17, 15) is 10.1 Å². The quantitative estimate of drug-likeness (QED) is 0.601. The van der Waals surface area contributed by atoms with Gasteiger partial charge in [-0.05, 0) is 6.92 Å². The first-order valence-corrected chi connectivity index (χ1v) is 6.14. The van der Waals surface area contributed by atoms with Gasteiger partial charge in [0.25, 0.3) is 0 Å². The van der Waals surface area contributed by atoms with Crippen molar-refractivity contribution in [3.05, 3.63) is 16.4 Å². The van der Waals surface area contributed by atoms with E-state index >= 15 is 0 Å². The highest BCUT2D eigenvalue weighted by atomic mass is 16.6. The Kier molecular flexibility index (Phi) is 4.64. The Morgan fingerprint density at radius 3 is 2.90 bits per heavy atom. The number of nitro groups is 1. The van der Waals surface area contributed by atoms with E-state index < -0.39 is 4.92 Å². The van der Waals surface area contributed by atoms with E-state index in [0.29, 0.717) is 6.54 Å². The van der Waals surface area contributed by atoms with Gasteiger partial charge in [-0.3, -0.25) is 10.1 Å². The summed E-state index contributed by atoms with van der Waals surface area (Å²) in [6.07, 6.45) is 1.05. The van der Waals surface area contributed by atoms with Gasteiger partial charge in [-0.25, -0.2) is 0 Å². The van der Waals surface area contributed by atoms with Crippen LogP contribution in [0.4, 0.5) is 5.69 Å².